The molecule has 1 heterocycles. The van der Waals surface area contributed by atoms with E-state index in [1.54, 1.807) is 12.1 Å². The Bertz CT molecular complexity index is 1210. The summed E-state index contributed by atoms with van der Waals surface area (Å²) in [6.45, 7) is 8.28. The molecule has 2 aromatic carbocycles. The molecule has 2 amide bonds. The molecular weight excluding hydrogens is 512 g/mol. The average molecular weight is 551 g/mol. The smallest absolute Gasteiger partial charge is 0.408 e. The predicted molar refractivity (Wildman–Crippen MR) is 151 cm³/mol. The zero-order valence-corrected chi connectivity index (χ0v) is 23.4. The Kier molecular flexibility index (Phi) is 11.1. The monoisotopic (exact) mass is 550 g/mol. The van der Waals surface area contributed by atoms with E-state index in [0.717, 1.165) is 12.0 Å². The van der Waals surface area contributed by atoms with E-state index in [1.165, 1.54) is 12.3 Å². The quantitative estimate of drug-likeness (QED) is 0.233. The van der Waals surface area contributed by atoms with Crippen molar-refractivity contribution in [1.29, 1.82) is 0 Å². The van der Waals surface area contributed by atoms with Crippen molar-refractivity contribution in [1.82, 2.24) is 15.5 Å². The number of carbonyl (C=O) groups excluding carboxylic acids is 3. The number of aromatic nitrogens is 2. The van der Waals surface area contributed by atoms with Crippen molar-refractivity contribution >= 4 is 23.6 Å². The number of carbonyl (C=O) groups is 3. The van der Waals surface area contributed by atoms with Crippen molar-refractivity contribution in [3.8, 4) is 11.5 Å². The summed E-state index contributed by atoms with van der Waals surface area (Å²) in [5, 5.41) is 11.3. The third-order valence-corrected chi connectivity index (χ3v) is 6.12. The van der Waals surface area contributed by atoms with Gasteiger partial charge in [-0.25, -0.2) is 4.79 Å². The highest BCUT2D eigenvalue weighted by atomic mass is 16.6. The number of H-pyrrole nitrogens is 1. The minimum Gasteiger partial charge on any atom is -0.490 e. The molecule has 1 aromatic heterocycles. The molecule has 0 aliphatic rings. The SMILES string of the molecule is CCCC[C@H](NC(=O)O[C@H](COc1ccc(OCc2ccccc2)cc1)C(C)(C)C)C(=O)C(=O)Nc1ccn[nH]1. The molecule has 0 spiro atoms. The van der Waals surface area contributed by atoms with Gasteiger partial charge in [-0.1, -0.05) is 70.9 Å². The molecule has 0 saturated carbocycles. The topological polar surface area (TPSA) is 132 Å². The number of rotatable bonds is 14. The summed E-state index contributed by atoms with van der Waals surface area (Å²) in [6.07, 6.45) is 1.75. The van der Waals surface area contributed by atoms with Gasteiger partial charge in [-0.2, -0.15) is 5.10 Å². The molecule has 40 heavy (non-hydrogen) atoms. The fraction of sp³-hybridized carbons (Fsp3) is 0.400. The number of alkyl carbamates (subject to hydrolysis) is 1. The van der Waals surface area contributed by atoms with Crippen LogP contribution in [0.1, 0.15) is 52.5 Å². The van der Waals surface area contributed by atoms with Crippen LogP contribution in [0.2, 0.25) is 0 Å². The van der Waals surface area contributed by atoms with Gasteiger partial charge in [-0.15, -0.1) is 0 Å². The molecule has 0 aliphatic carbocycles. The molecule has 0 fully saturated rings. The van der Waals surface area contributed by atoms with Crippen LogP contribution in [-0.4, -0.2) is 46.7 Å². The van der Waals surface area contributed by atoms with Crippen LogP contribution < -0.4 is 20.1 Å². The molecule has 0 bridgehead atoms. The summed E-state index contributed by atoms with van der Waals surface area (Å²) in [5.41, 5.74) is 0.611. The van der Waals surface area contributed by atoms with Crippen LogP contribution >= 0.6 is 0 Å². The van der Waals surface area contributed by atoms with Gasteiger partial charge in [-0.05, 0) is 36.2 Å². The third-order valence-electron chi connectivity index (χ3n) is 6.12. The number of anilines is 1. The van der Waals surface area contributed by atoms with Gasteiger partial charge in [0.05, 0.1) is 6.20 Å². The number of aromatic amines is 1. The number of nitrogens with zero attached hydrogens (tertiary/aromatic N) is 1. The molecule has 3 aromatic rings. The first-order chi connectivity index (χ1) is 19.2. The number of hydrogen-bond donors (Lipinski definition) is 3. The van der Waals surface area contributed by atoms with Crippen LogP contribution in [0.5, 0.6) is 11.5 Å². The zero-order valence-electron chi connectivity index (χ0n) is 23.4. The second-order valence-electron chi connectivity index (χ2n) is 10.4. The number of amides is 2. The van der Waals surface area contributed by atoms with Gasteiger partial charge in [0.25, 0.3) is 5.91 Å². The maximum atomic E-state index is 12.9. The first-order valence-electron chi connectivity index (χ1n) is 13.4. The van der Waals surface area contributed by atoms with Crippen molar-refractivity contribution in [2.24, 2.45) is 5.41 Å². The van der Waals surface area contributed by atoms with Crippen molar-refractivity contribution in [2.75, 3.05) is 11.9 Å². The molecule has 0 aliphatic heterocycles. The van der Waals surface area contributed by atoms with Gasteiger partial charge in [-0.3, -0.25) is 14.7 Å². The highest BCUT2D eigenvalue weighted by molar-refractivity contribution is 6.42. The number of ether oxygens (including phenoxy) is 3. The molecular formula is C30H38N4O6. The standard InChI is InChI=1S/C30H38N4O6/c1-5-6-12-24(27(35)28(36)33-26-17-18-31-34-26)32-29(37)40-25(30(2,3)4)20-39-23-15-13-22(14-16-23)38-19-21-10-8-7-9-11-21/h7-11,13-18,24-25H,5-6,12,19-20H2,1-4H3,(H,32,37)(H2,31,33,34,36)/t24-,25+/m0/s1. The number of unbranched alkanes of at least 4 members (excludes halogenated alkanes) is 1. The molecule has 0 saturated heterocycles. The van der Waals surface area contributed by atoms with Crippen LogP contribution in [0.3, 0.4) is 0 Å². The van der Waals surface area contributed by atoms with Gasteiger partial charge in [0, 0.05) is 11.5 Å². The number of ketones is 1. The van der Waals surface area contributed by atoms with Crippen LogP contribution in [0, 0.1) is 5.41 Å². The predicted octanol–water partition coefficient (Wildman–Crippen LogP) is 5.28. The Balaban J connectivity index is 1.55. The average Bonchev–Trinajstić information content (AvgIpc) is 3.45. The van der Waals surface area contributed by atoms with E-state index in [4.69, 9.17) is 14.2 Å². The number of hydrogen-bond acceptors (Lipinski definition) is 7. The molecule has 10 nitrogen and oxygen atoms in total. The summed E-state index contributed by atoms with van der Waals surface area (Å²) < 4.78 is 17.4. The van der Waals surface area contributed by atoms with Crippen LogP contribution in [0.25, 0.3) is 0 Å². The fourth-order valence-electron chi connectivity index (χ4n) is 3.66. The fourth-order valence-corrected chi connectivity index (χ4v) is 3.66. The summed E-state index contributed by atoms with van der Waals surface area (Å²) >= 11 is 0. The molecule has 0 unspecified atom stereocenters. The molecule has 0 radical (unpaired) electrons. The van der Waals surface area contributed by atoms with E-state index >= 15 is 0 Å². The number of nitrogens with one attached hydrogen (secondary N) is 3. The Labute approximate surface area is 234 Å². The van der Waals surface area contributed by atoms with Crippen LogP contribution in [0.4, 0.5) is 10.6 Å². The summed E-state index contributed by atoms with van der Waals surface area (Å²) in [7, 11) is 0. The molecule has 214 valence electrons. The van der Waals surface area contributed by atoms with Crippen molar-refractivity contribution in [3.05, 3.63) is 72.4 Å². The second-order valence-corrected chi connectivity index (χ2v) is 10.4. The zero-order chi connectivity index (χ0) is 29.0. The molecule has 2 atom stereocenters. The lowest BCUT2D eigenvalue weighted by Gasteiger charge is -2.30. The van der Waals surface area contributed by atoms with Gasteiger partial charge in [0.2, 0.25) is 5.78 Å². The van der Waals surface area contributed by atoms with Gasteiger partial charge >= 0.3 is 6.09 Å². The second kappa shape index (κ2) is 14.7. The van der Waals surface area contributed by atoms with E-state index in [0.29, 0.717) is 30.9 Å². The van der Waals surface area contributed by atoms with Crippen LogP contribution in [0.15, 0.2) is 66.9 Å². The van der Waals surface area contributed by atoms with E-state index < -0.39 is 35.3 Å². The Morgan fingerprint density at radius 3 is 2.23 bits per heavy atom. The minimum absolute atomic E-state index is 0.0923. The van der Waals surface area contributed by atoms with Crippen molar-refractivity contribution in [3.63, 3.8) is 0 Å². The van der Waals surface area contributed by atoms with Gasteiger partial charge in [0.15, 0.2) is 0 Å². The molecule has 10 heteroatoms. The van der Waals surface area contributed by atoms with Crippen LogP contribution in [-0.2, 0) is 20.9 Å². The minimum atomic E-state index is -1.03. The highest BCUT2D eigenvalue weighted by Crippen LogP contribution is 2.25. The molecule has 3 rings (SSSR count). The number of Topliss-reactive ketones (excluding diaryl/α,β-unsaturated/α-hetero) is 1. The van der Waals surface area contributed by atoms with Crippen molar-refractivity contribution in [2.45, 2.75) is 65.7 Å². The highest BCUT2D eigenvalue weighted by Gasteiger charge is 2.32. The first-order valence-corrected chi connectivity index (χ1v) is 13.4. The normalized spacial score (nSPS) is 12.6. The van der Waals surface area contributed by atoms with Gasteiger partial charge < -0.3 is 24.8 Å². The van der Waals surface area contributed by atoms with E-state index in [-0.39, 0.29) is 12.4 Å². The lowest BCUT2D eigenvalue weighted by molar-refractivity contribution is -0.136. The lowest BCUT2D eigenvalue weighted by atomic mass is 9.89. The Morgan fingerprint density at radius 2 is 1.62 bits per heavy atom. The van der Waals surface area contributed by atoms with E-state index in [2.05, 4.69) is 20.8 Å². The van der Waals surface area contributed by atoms with Gasteiger partial charge in [0.1, 0.15) is 42.7 Å². The number of benzene rings is 2. The summed E-state index contributed by atoms with van der Waals surface area (Å²) in [6, 6.07) is 17.6. The third kappa shape index (κ3) is 9.76. The van der Waals surface area contributed by atoms with E-state index in [9.17, 15) is 14.4 Å². The Hall–Kier alpha value is -4.34. The maximum Gasteiger partial charge on any atom is 0.408 e. The van der Waals surface area contributed by atoms with Crippen molar-refractivity contribution < 1.29 is 28.6 Å². The summed E-state index contributed by atoms with van der Waals surface area (Å²) in [5.74, 6) is -0.0260. The lowest BCUT2D eigenvalue weighted by Crippen LogP contribution is -2.48. The van der Waals surface area contributed by atoms with E-state index in [1.807, 2.05) is 70.2 Å². The largest absolute Gasteiger partial charge is 0.490 e. The maximum absolute atomic E-state index is 12.9. The first kappa shape index (κ1) is 30.2. The molecule has 3 N–H and O–H groups in total. The summed E-state index contributed by atoms with van der Waals surface area (Å²) in [4.78, 5) is 38.1. The Morgan fingerprint density at radius 1 is 0.950 bits per heavy atom.